The Labute approximate surface area is 118 Å². The third-order valence-electron chi connectivity index (χ3n) is 3.21. The van der Waals surface area contributed by atoms with E-state index in [-0.39, 0.29) is 11.1 Å². The van der Waals surface area contributed by atoms with Crippen LogP contribution in [-0.4, -0.2) is 27.1 Å². The summed E-state index contributed by atoms with van der Waals surface area (Å²) < 4.78 is 0. The Morgan fingerprint density at radius 1 is 1.00 bits per heavy atom. The van der Waals surface area contributed by atoms with Gasteiger partial charge >= 0.3 is 11.9 Å². The molecule has 2 aromatic carbocycles. The largest absolute Gasteiger partial charge is 0.478 e. The van der Waals surface area contributed by atoms with E-state index >= 15 is 0 Å². The number of aromatic carboxylic acids is 2. The van der Waals surface area contributed by atoms with Crippen LogP contribution in [0.3, 0.4) is 0 Å². The van der Waals surface area contributed by atoms with Crippen molar-refractivity contribution >= 4 is 23.0 Å². The van der Waals surface area contributed by atoms with Gasteiger partial charge in [-0.2, -0.15) is 0 Å². The summed E-state index contributed by atoms with van der Waals surface area (Å²) in [5.74, 6) is -1.77. The van der Waals surface area contributed by atoms with Gasteiger partial charge in [-0.3, -0.25) is 0 Å². The molecule has 0 fully saturated rings. The first-order valence-electron chi connectivity index (χ1n) is 6.17. The number of hydrogen-bond acceptors (Lipinski definition) is 2. The Morgan fingerprint density at radius 2 is 1.76 bits per heavy atom. The van der Waals surface area contributed by atoms with Crippen molar-refractivity contribution in [2.24, 2.45) is 0 Å². The minimum Gasteiger partial charge on any atom is -0.478 e. The van der Waals surface area contributed by atoms with E-state index in [1.54, 1.807) is 0 Å². The number of para-hydroxylation sites is 2. The molecule has 0 aliphatic rings. The molecule has 0 atom stereocenters. The lowest BCUT2D eigenvalue weighted by atomic mass is 10.0. The summed E-state index contributed by atoms with van der Waals surface area (Å²) in [5, 5.41) is 18.3. The third-order valence-corrected chi connectivity index (χ3v) is 3.21. The van der Waals surface area contributed by atoms with Crippen molar-refractivity contribution in [3.8, 4) is 11.4 Å². The van der Waals surface area contributed by atoms with Gasteiger partial charge < -0.3 is 10.2 Å². The van der Waals surface area contributed by atoms with Crippen molar-refractivity contribution in [3.05, 3.63) is 53.6 Å². The van der Waals surface area contributed by atoms with Crippen molar-refractivity contribution in [2.45, 2.75) is 0 Å². The smallest absolute Gasteiger partial charge is 0.336 e. The molecule has 3 rings (SSSR count). The molecule has 0 bridgehead atoms. The first kappa shape index (κ1) is 12.9. The summed E-state index contributed by atoms with van der Waals surface area (Å²) in [5.41, 5.74) is 1.98. The minimum absolute atomic E-state index is 0.0297. The Kier molecular flexibility index (Phi) is 2.91. The van der Waals surface area contributed by atoms with Crippen LogP contribution in [0.5, 0.6) is 0 Å². The molecule has 6 heteroatoms. The number of rotatable bonds is 3. The lowest BCUT2D eigenvalue weighted by molar-refractivity contribution is -0.330. The predicted molar refractivity (Wildman–Crippen MR) is 74.2 cm³/mol. The van der Waals surface area contributed by atoms with Crippen LogP contribution >= 0.6 is 0 Å². The zero-order chi connectivity index (χ0) is 15.0. The quantitative estimate of drug-likeness (QED) is 0.684. The molecule has 0 aliphatic heterocycles. The van der Waals surface area contributed by atoms with Crippen LogP contribution in [0.2, 0.25) is 0 Å². The van der Waals surface area contributed by atoms with E-state index in [0.29, 0.717) is 11.4 Å². The van der Waals surface area contributed by atoms with Crippen LogP contribution in [0.4, 0.5) is 0 Å². The standard InChI is InChI=1S/C15H10N2O4/c18-14(19)8-5-6-9(15(20)21)10(7-8)13-16-11-3-1-2-4-12(11)17-13/h1-7H,(H,16,17)(H,18,19)(H,20,21)/p+1. The number of aromatic nitrogens is 2. The minimum atomic E-state index is -1.12. The number of imidazole rings is 1. The lowest BCUT2D eigenvalue weighted by Crippen LogP contribution is -2.09. The number of carbonyl (C=O) groups is 2. The maximum Gasteiger partial charge on any atom is 0.336 e. The van der Waals surface area contributed by atoms with Gasteiger partial charge in [-0.25, -0.2) is 19.6 Å². The van der Waals surface area contributed by atoms with Crippen LogP contribution in [0, 0.1) is 0 Å². The fourth-order valence-electron chi connectivity index (χ4n) is 2.21. The zero-order valence-corrected chi connectivity index (χ0v) is 10.8. The fraction of sp³-hybridized carbons (Fsp3) is 0. The van der Waals surface area contributed by atoms with E-state index < -0.39 is 11.9 Å². The van der Waals surface area contributed by atoms with Crippen LogP contribution < -0.4 is 4.98 Å². The number of H-pyrrole nitrogens is 2. The molecule has 3 aromatic rings. The molecule has 21 heavy (non-hydrogen) atoms. The molecule has 1 heterocycles. The highest BCUT2D eigenvalue weighted by molar-refractivity contribution is 5.98. The molecule has 4 N–H and O–H groups in total. The molecule has 0 spiro atoms. The first-order chi connectivity index (χ1) is 10.1. The highest BCUT2D eigenvalue weighted by Crippen LogP contribution is 2.23. The number of carboxylic acid groups (broad SMARTS) is 2. The molecule has 6 nitrogen and oxygen atoms in total. The normalized spacial score (nSPS) is 10.7. The van der Waals surface area contributed by atoms with Gasteiger partial charge in [0.25, 0.3) is 5.82 Å². The number of fused-ring (bicyclic) bond motifs is 1. The van der Waals surface area contributed by atoms with E-state index in [2.05, 4.69) is 9.97 Å². The second kappa shape index (κ2) is 4.75. The number of carboxylic acids is 2. The van der Waals surface area contributed by atoms with Gasteiger partial charge in [0.2, 0.25) is 0 Å². The van der Waals surface area contributed by atoms with Gasteiger partial charge in [-0.15, -0.1) is 0 Å². The number of hydrogen-bond donors (Lipinski definition) is 3. The maximum atomic E-state index is 11.3. The van der Waals surface area contributed by atoms with Gasteiger partial charge in [-0.05, 0) is 30.3 Å². The number of nitrogens with one attached hydrogen (secondary N) is 2. The molecule has 1 aromatic heterocycles. The zero-order valence-electron chi connectivity index (χ0n) is 10.8. The van der Waals surface area contributed by atoms with Gasteiger partial charge in [0.1, 0.15) is 0 Å². The second-order valence-corrected chi connectivity index (χ2v) is 4.54. The molecule has 0 aliphatic carbocycles. The Morgan fingerprint density at radius 3 is 2.43 bits per heavy atom. The summed E-state index contributed by atoms with van der Waals surface area (Å²) in [6, 6.07) is 11.3. The maximum absolute atomic E-state index is 11.3. The van der Waals surface area contributed by atoms with Gasteiger partial charge in [0.15, 0.2) is 11.0 Å². The fourth-order valence-corrected chi connectivity index (χ4v) is 2.21. The topological polar surface area (TPSA) is 105 Å². The van der Waals surface area contributed by atoms with Crippen molar-refractivity contribution in [1.29, 1.82) is 0 Å². The monoisotopic (exact) mass is 283 g/mol. The third kappa shape index (κ3) is 2.23. The van der Waals surface area contributed by atoms with E-state index in [1.165, 1.54) is 18.2 Å². The van der Waals surface area contributed by atoms with Crippen molar-refractivity contribution in [1.82, 2.24) is 4.98 Å². The predicted octanol–water partition coefficient (Wildman–Crippen LogP) is 2.05. The van der Waals surface area contributed by atoms with Crippen molar-refractivity contribution in [3.63, 3.8) is 0 Å². The Balaban J connectivity index is 2.25. The Hall–Kier alpha value is -3.15. The summed E-state index contributed by atoms with van der Waals surface area (Å²) in [7, 11) is 0. The Bertz CT molecular complexity index is 834. The number of benzene rings is 2. The molecule has 104 valence electrons. The number of aromatic amines is 2. The van der Waals surface area contributed by atoms with Crippen LogP contribution in [0.15, 0.2) is 42.5 Å². The van der Waals surface area contributed by atoms with Crippen LogP contribution in [0.1, 0.15) is 20.7 Å². The van der Waals surface area contributed by atoms with Crippen LogP contribution in [-0.2, 0) is 0 Å². The molecule has 0 amide bonds. The molecule has 0 saturated carbocycles. The van der Waals surface area contributed by atoms with Gasteiger partial charge in [0.05, 0.1) is 16.7 Å². The van der Waals surface area contributed by atoms with Gasteiger partial charge in [-0.1, -0.05) is 12.1 Å². The summed E-state index contributed by atoms with van der Waals surface area (Å²) >= 11 is 0. The van der Waals surface area contributed by atoms with Crippen molar-refractivity contribution < 1.29 is 24.8 Å². The van der Waals surface area contributed by atoms with E-state index in [9.17, 15) is 14.7 Å². The average Bonchev–Trinajstić information content (AvgIpc) is 2.90. The van der Waals surface area contributed by atoms with Crippen LogP contribution in [0.25, 0.3) is 22.4 Å². The lowest BCUT2D eigenvalue weighted by Gasteiger charge is -2.02. The molecular weight excluding hydrogens is 272 g/mol. The van der Waals surface area contributed by atoms with Gasteiger partial charge in [0, 0.05) is 0 Å². The molecular formula is C15H11N2O4+. The molecule has 0 unspecified atom stereocenters. The molecule has 0 saturated heterocycles. The average molecular weight is 283 g/mol. The summed E-state index contributed by atoms with van der Waals surface area (Å²) in [6.07, 6.45) is 0. The summed E-state index contributed by atoms with van der Waals surface area (Å²) in [4.78, 5) is 28.5. The highest BCUT2D eigenvalue weighted by Gasteiger charge is 2.21. The molecule has 0 radical (unpaired) electrons. The van der Waals surface area contributed by atoms with E-state index in [1.807, 2.05) is 24.3 Å². The van der Waals surface area contributed by atoms with Crippen molar-refractivity contribution in [2.75, 3.05) is 0 Å². The SMILES string of the molecule is O=C(O)c1ccc(C(=O)O)c(-c2[nH]c3ccccc3[nH+]2)c1. The first-order valence-corrected chi connectivity index (χ1v) is 6.17. The second-order valence-electron chi connectivity index (χ2n) is 4.54. The van der Waals surface area contributed by atoms with E-state index in [4.69, 9.17) is 5.11 Å². The van der Waals surface area contributed by atoms with E-state index in [0.717, 1.165) is 11.0 Å². The summed E-state index contributed by atoms with van der Waals surface area (Å²) in [6.45, 7) is 0. The highest BCUT2D eigenvalue weighted by atomic mass is 16.4.